The molecule has 1 aliphatic rings. The Morgan fingerprint density at radius 2 is 2.20 bits per heavy atom. The van der Waals surface area contributed by atoms with Crippen LogP contribution in [0, 0.1) is 5.82 Å². The van der Waals surface area contributed by atoms with Crippen LogP contribution in [-0.2, 0) is 5.41 Å². The van der Waals surface area contributed by atoms with E-state index in [0.717, 1.165) is 12.0 Å². The van der Waals surface area contributed by atoms with Crippen LogP contribution in [0.1, 0.15) is 37.4 Å². The molecule has 0 radical (unpaired) electrons. The number of hydrogen-bond donors (Lipinski definition) is 1. The Bertz CT molecular complexity index is 431. The predicted octanol–water partition coefficient (Wildman–Crippen LogP) is 3.92. The highest BCUT2D eigenvalue weighted by Crippen LogP contribution is 2.49. The first kappa shape index (κ1) is 11.4. The molecule has 0 heterocycles. The SMILES string of the molecule is CC1(C)C[C@@H](N)c2c(Cl)c(Br)cc(F)c21. The molecule has 0 unspecified atom stereocenters. The largest absolute Gasteiger partial charge is 0.324 e. The number of rotatable bonds is 0. The number of halogens is 3. The van der Waals surface area contributed by atoms with Crippen LogP contribution in [-0.4, -0.2) is 0 Å². The molecule has 1 aromatic carbocycles. The number of benzene rings is 1. The van der Waals surface area contributed by atoms with Crippen LogP contribution in [0.15, 0.2) is 10.5 Å². The fourth-order valence-corrected chi connectivity index (χ4v) is 3.11. The Kier molecular flexibility index (Phi) is 2.61. The van der Waals surface area contributed by atoms with Crippen molar-refractivity contribution in [1.29, 1.82) is 0 Å². The zero-order valence-corrected chi connectivity index (χ0v) is 10.9. The lowest BCUT2D eigenvalue weighted by Gasteiger charge is -2.19. The van der Waals surface area contributed by atoms with Gasteiger partial charge in [0.05, 0.1) is 5.02 Å². The van der Waals surface area contributed by atoms with Gasteiger partial charge >= 0.3 is 0 Å². The third-order valence-electron chi connectivity index (χ3n) is 2.99. The van der Waals surface area contributed by atoms with E-state index in [1.807, 2.05) is 13.8 Å². The van der Waals surface area contributed by atoms with Crippen LogP contribution in [0.5, 0.6) is 0 Å². The van der Waals surface area contributed by atoms with Crippen LogP contribution in [0.3, 0.4) is 0 Å². The van der Waals surface area contributed by atoms with Crippen LogP contribution in [0.25, 0.3) is 0 Å². The minimum atomic E-state index is -0.233. The normalized spacial score (nSPS) is 22.9. The fourth-order valence-electron chi connectivity index (χ4n) is 2.40. The lowest BCUT2D eigenvalue weighted by Crippen LogP contribution is -2.15. The predicted molar refractivity (Wildman–Crippen MR) is 63.7 cm³/mol. The maximum absolute atomic E-state index is 13.9. The van der Waals surface area contributed by atoms with Crippen molar-refractivity contribution >= 4 is 27.5 Å². The van der Waals surface area contributed by atoms with Gasteiger partial charge in [0.1, 0.15) is 5.82 Å². The van der Waals surface area contributed by atoms with Crippen molar-refractivity contribution in [2.45, 2.75) is 31.7 Å². The number of fused-ring (bicyclic) bond motifs is 1. The monoisotopic (exact) mass is 291 g/mol. The lowest BCUT2D eigenvalue weighted by molar-refractivity contribution is 0.461. The molecule has 0 saturated carbocycles. The van der Waals surface area contributed by atoms with Gasteiger partial charge in [-0.15, -0.1) is 0 Å². The summed E-state index contributed by atoms with van der Waals surface area (Å²) in [5.41, 5.74) is 7.18. The van der Waals surface area contributed by atoms with Gasteiger partial charge < -0.3 is 5.73 Å². The maximum Gasteiger partial charge on any atom is 0.128 e. The Labute approximate surface area is 102 Å². The molecule has 82 valence electrons. The van der Waals surface area contributed by atoms with Crippen molar-refractivity contribution in [2.75, 3.05) is 0 Å². The van der Waals surface area contributed by atoms with Crippen LogP contribution in [0.2, 0.25) is 5.02 Å². The Balaban J connectivity index is 2.78. The van der Waals surface area contributed by atoms with Gasteiger partial charge in [-0.1, -0.05) is 25.4 Å². The smallest absolute Gasteiger partial charge is 0.128 e. The highest BCUT2D eigenvalue weighted by Gasteiger charge is 2.39. The molecule has 2 N–H and O–H groups in total. The van der Waals surface area contributed by atoms with Crippen molar-refractivity contribution in [3.63, 3.8) is 0 Å². The van der Waals surface area contributed by atoms with Crippen LogP contribution in [0.4, 0.5) is 4.39 Å². The number of hydrogen-bond acceptors (Lipinski definition) is 1. The summed E-state index contributed by atoms with van der Waals surface area (Å²) < 4.78 is 14.4. The van der Waals surface area contributed by atoms with E-state index < -0.39 is 0 Å². The summed E-state index contributed by atoms with van der Waals surface area (Å²) in [4.78, 5) is 0. The topological polar surface area (TPSA) is 26.0 Å². The minimum Gasteiger partial charge on any atom is -0.324 e. The Morgan fingerprint density at radius 1 is 1.60 bits per heavy atom. The van der Waals surface area contributed by atoms with E-state index in [-0.39, 0.29) is 17.3 Å². The zero-order valence-electron chi connectivity index (χ0n) is 8.57. The average Bonchev–Trinajstić information content (AvgIpc) is 2.32. The molecule has 0 aromatic heterocycles. The summed E-state index contributed by atoms with van der Waals surface area (Å²) in [5, 5.41) is 0.546. The summed E-state index contributed by atoms with van der Waals surface area (Å²) in [6, 6.07) is 1.25. The molecular weight excluding hydrogens is 280 g/mol. The van der Waals surface area contributed by atoms with Gasteiger partial charge in [-0.25, -0.2) is 4.39 Å². The lowest BCUT2D eigenvalue weighted by atomic mass is 9.86. The standard InChI is InChI=1S/C11H12BrClFN/c1-11(2)4-7(15)8-9(11)6(14)3-5(12)10(8)13/h3,7H,4,15H2,1-2H3/t7-/m1/s1. The molecule has 0 fully saturated rings. The molecular formula is C11H12BrClFN. The maximum atomic E-state index is 13.9. The van der Waals surface area contributed by atoms with E-state index >= 15 is 0 Å². The minimum absolute atomic E-state index is 0.172. The molecule has 0 spiro atoms. The van der Waals surface area contributed by atoms with E-state index in [1.54, 1.807) is 0 Å². The van der Waals surface area contributed by atoms with Gasteiger partial charge in [-0.05, 0) is 45.0 Å². The highest BCUT2D eigenvalue weighted by atomic mass is 79.9. The molecule has 15 heavy (non-hydrogen) atoms. The van der Waals surface area contributed by atoms with Gasteiger partial charge in [0.15, 0.2) is 0 Å². The fraction of sp³-hybridized carbons (Fsp3) is 0.455. The van der Waals surface area contributed by atoms with Gasteiger partial charge in [-0.3, -0.25) is 0 Å². The third-order valence-corrected chi connectivity index (χ3v) is 4.25. The molecule has 1 nitrogen and oxygen atoms in total. The summed E-state index contributed by atoms with van der Waals surface area (Å²) in [7, 11) is 0. The van der Waals surface area contributed by atoms with E-state index in [9.17, 15) is 4.39 Å². The molecule has 2 rings (SSSR count). The summed E-state index contributed by atoms with van der Waals surface area (Å²) in [6.45, 7) is 3.98. The van der Waals surface area contributed by atoms with Crippen LogP contribution < -0.4 is 5.73 Å². The summed E-state index contributed by atoms with van der Waals surface area (Å²) in [6.07, 6.45) is 0.732. The van der Waals surface area contributed by atoms with Crippen molar-refractivity contribution in [3.8, 4) is 0 Å². The Hall–Kier alpha value is -0.120. The van der Waals surface area contributed by atoms with Gasteiger partial charge in [0.2, 0.25) is 0 Å². The zero-order chi connectivity index (χ0) is 11.4. The van der Waals surface area contributed by atoms with Crippen LogP contribution >= 0.6 is 27.5 Å². The second-order valence-corrected chi connectivity index (χ2v) is 5.87. The molecule has 0 aliphatic heterocycles. The number of nitrogens with two attached hydrogens (primary N) is 1. The molecule has 0 saturated heterocycles. The molecule has 0 bridgehead atoms. The van der Waals surface area contributed by atoms with E-state index in [1.165, 1.54) is 6.07 Å². The Morgan fingerprint density at radius 3 is 2.80 bits per heavy atom. The van der Waals surface area contributed by atoms with Crippen molar-refractivity contribution in [3.05, 3.63) is 32.5 Å². The summed E-state index contributed by atoms with van der Waals surface area (Å²) in [5.74, 6) is -0.223. The van der Waals surface area contributed by atoms with E-state index in [0.29, 0.717) is 15.1 Å². The molecule has 1 atom stereocenters. The first-order valence-electron chi connectivity index (χ1n) is 4.78. The quantitative estimate of drug-likeness (QED) is 0.721. The van der Waals surface area contributed by atoms with Crippen molar-refractivity contribution in [1.82, 2.24) is 0 Å². The average molecular weight is 293 g/mol. The first-order chi connectivity index (χ1) is 6.84. The van der Waals surface area contributed by atoms with Crippen molar-refractivity contribution in [2.24, 2.45) is 5.73 Å². The molecule has 4 heteroatoms. The molecule has 1 aromatic rings. The molecule has 0 amide bonds. The van der Waals surface area contributed by atoms with Crippen molar-refractivity contribution < 1.29 is 4.39 Å². The second kappa shape index (κ2) is 3.44. The van der Waals surface area contributed by atoms with Gasteiger partial charge in [-0.2, -0.15) is 0 Å². The van der Waals surface area contributed by atoms with Gasteiger partial charge in [0.25, 0.3) is 0 Å². The molecule has 1 aliphatic carbocycles. The second-order valence-electron chi connectivity index (χ2n) is 4.64. The highest BCUT2D eigenvalue weighted by molar-refractivity contribution is 9.10. The van der Waals surface area contributed by atoms with E-state index in [2.05, 4.69) is 15.9 Å². The summed E-state index contributed by atoms with van der Waals surface area (Å²) >= 11 is 9.38. The third kappa shape index (κ3) is 1.61. The van der Waals surface area contributed by atoms with Gasteiger partial charge in [0, 0.05) is 10.5 Å². The first-order valence-corrected chi connectivity index (χ1v) is 5.95. The van der Waals surface area contributed by atoms with E-state index in [4.69, 9.17) is 17.3 Å².